The number of halogens is 1. The number of aliphatic hydroxyl groups excluding tert-OH is 2. The van der Waals surface area contributed by atoms with Gasteiger partial charge in [-0.05, 0) is 38.0 Å². The maximum absolute atomic E-state index is 14.1. The van der Waals surface area contributed by atoms with Gasteiger partial charge in [0, 0.05) is 39.4 Å². The lowest BCUT2D eigenvalue weighted by Crippen LogP contribution is -2.64. The van der Waals surface area contributed by atoms with E-state index in [1.165, 1.54) is 34.4 Å². The molecule has 12 atom stereocenters. The highest BCUT2D eigenvalue weighted by Gasteiger charge is 2.51. The third-order valence-corrected chi connectivity index (χ3v) is 14.2. The normalized spacial score (nSPS) is 38.4. The SMILES string of the molecule is CCC[C@@H]1C[C@@H](C(=O)NC([C@H](C)Cl)[C@H]2O[C@H](SC)[C@H](C)[C@@H](O)[C@H]2O)[N+](C)(Cc2cccc(CC[C@@H]3SCSC3C)c2)C1. The van der Waals surface area contributed by atoms with Crippen LogP contribution in [-0.2, 0) is 22.5 Å². The van der Waals surface area contributed by atoms with Gasteiger partial charge in [0.05, 0.1) is 31.1 Å². The summed E-state index contributed by atoms with van der Waals surface area (Å²) in [6.07, 6.45) is 4.39. The largest absolute Gasteiger partial charge is 0.390 e. The number of carbonyl (C=O) groups is 1. The molecule has 1 aromatic rings. The van der Waals surface area contributed by atoms with Crippen molar-refractivity contribution in [3.8, 4) is 0 Å². The van der Waals surface area contributed by atoms with Crippen molar-refractivity contribution >= 4 is 52.8 Å². The lowest BCUT2D eigenvalue weighted by molar-refractivity contribution is -0.926. The first kappa shape index (κ1) is 34.7. The summed E-state index contributed by atoms with van der Waals surface area (Å²) in [6.45, 7) is 10.0. The van der Waals surface area contributed by atoms with E-state index in [-0.39, 0.29) is 23.3 Å². The van der Waals surface area contributed by atoms with E-state index in [1.54, 1.807) is 0 Å². The van der Waals surface area contributed by atoms with Crippen molar-refractivity contribution in [1.82, 2.24) is 5.32 Å². The number of nitrogens with one attached hydrogen (secondary N) is 1. The van der Waals surface area contributed by atoms with Crippen LogP contribution in [0, 0.1) is 11.8 Å². The Balaban J connectivity index is 1.49. The molecule has 3 fully saturated rings. The molecular formula is C32H52ClN2O4S3+. The number of carbonyl (C=O) groups excluding carboxylic acids is 1. The van der Waals surface area contributed by atoms with E-state index in [9.17, 15) is 15.0 Å². The highest BCUT2D eigenvalue weighted by Crippen LogP contribution is 2.39. The summed E-state index contributed by atoms with van der Waals surface area (Å²) in [5.74, 6) is 0.205. The molecule has 0 spiro atoms. The second-order valence-corrected chi connectivity index (χ2v) is 17.6. The minimum Gasteiger partial charge on any atom is -0.390 e. The van der Waals surface area contributed by atoms with E-state index in [1.807, 2.05) is 20.1 Å². The number of likely N-dealkylation sites (tertiary alicyclic amines) is 1. The lowest BCUT2D eigenvalue weighted by Gasteiger charge is -2.45. The molecule has 3 N–H and O–H groups in total. The number of likely N-dealkylation sites (N-methyl/N-ethyl adjacent to an activating group) is 1. The fourth-order valence-corrected chi connectivity index (χ4v) is 11.5. The Morgan fingerprint density at radius 2 is 1.95 bits per heavy atom. The Morgan fingerprint density at radius 1 is 1.21 bits per heavy atom. The second-order valence-electron chi connectivity index (χ2n) is 13.0. The van der Waals surface area contributed by atoms with Crippen LogP contribution in [0.25, 0.3) is 0 Å². The highest BCUT2D eigenvalue weighted by atomic mass is 35.5. The molecule has 3 aliphatic heterocycles. The van der Waals surface area contributed by atoms with E-state index < -0.39 is 29.7 Å². The number of hydrogen-bond acceptors (Lipinski definition) is 7. The highest BCUT2D eigenvalue weighted by molar-refractivity contribution is 8.19. The number of hydrogen-bond donors (Lipinski definition) is 3. The summed E-state index contributed by atoms with van der Waals surface area (Å²) in [5.41, 5.74) is 2.37. The Bertz CT molecular complexity index is 1040. The average molecular weight is 660 g/mol. The molecule has 1 amide bonds. The Kier molecular flexibility index (Phi) is 12.8. The second kappa shape index (κ2) is 15.4. The van der Waals surface area contributed by atoms with Crippen molar-refractivity contribution in [2.45, 2.75) is 118 Å². The fourth-order valence-electron chi connectivity index (χ4n) is 7.26. The number of amides is 1. The lowest BCUT2D eigenvalue weighted by atomic mass is 9.89. The predicted molar refractivity (Wildman–Crippen MR) is 180 cm³/mol. The van der Waals surface area contributed by atoms with E-state index in [0.29, 0.717) is 10.4 Å². The molecular weight excluding hydrogens is 608 g/mol. The molecule has 0 radical (unpaired) electrons. The van der Waals surface area contributed by atoms with Gasteiger partial charge in [0.25, 0.3) is 5.91 Å². The maximum atomic E-state index is 14.1. The third kappa shape index (κ3) is 8.17. The minimum atomic E-state index is -1.13. The summed E-state index contributed by atoms with van der Waals surface area (Å²) in [4.78, 5) is 14.1. The van der Waals surface area contributed by atoms with Gasteiger partial charge in [-0.2, -0.15) is 0 Å². The first-order chi connectivity index (χ1) is 20.0. The molecule has 0 aliphatic carbocycles. The van der Waals surface area contributed by atoms with Gasteiger partial charge in [0.1, 0.15) is 24.2 Å². The van der Waals surface area contributed by atoms with Crippen LogP contribution >= 0.6 is 46.9 Å². The summed E-state index contributed by atoms with van der Waals surface area (Å²) < 4.78 is 6.90. The van der Waals surface area contributed by atoms with Gasteiger partial charge in [-0.25, -0.2) is 0 Å². The fraction of sp³-hybridized carbons (Fsp3) is 0.781. The van der Waals surface area contributed by atoms with Crippen LogP contribution in [-0.4, -0.2) is 97.2 Å². The molecule has 0 bridgehead atoms. The number of ether oxygens (including phenoxy) is 1. The molecule has 42 heavy (non-hydrogen) atoms. The Labute approximate surface area is 271 Å². The number of rotatable bonds is 12. The van der Waals surface area contributed by atoms with Gasteiger partial charge in [-0.1, -0.05) is 51.5 Å². The number of thioether (sulfide) groups is 3. The summed E-state index contributed by atoms with van der Waals surface area (Å²) in [7, 11) is 2.22. The molecule has 6 nitrogen and oxygen atoms in total. The third-order valence-electron chi connectivity index (χ3n) is 9.71. The van der Waals surface area contributed by atoms with Crippen LogP contribution in [0.5, 0.6) is 0 Å². The molecule has 3 unspecified atom stereocenters. The molecule has 0 saturated carbocycles. The van der Waals surface area contributed by atoms with Gasteiger partial charge >= 0.3 is 0 Å². The van der Waals surface area contributed by atoms with Gasteiger partial charge in [0.2, 0.25) is 0 Å². The maximum Gasteiger partial charge on any atom is 0.278 e. The minimum absolute atomic E-state index is 0.0425. The van der Waals surface area contributed by atoms with Gasteiger partial charge in [-0.15, -0.1) is 46.9 Å². The molecule has 10 heteroatoms. The van der Waals surface area contributed by atoms with Crippen LogP contribution in [0.1, 0.15) is 64.5 Å². The van der Waals surface area contributed by atoms with Crippen molar-refractivity contribution in [2.24, 2.45) is 11.8 Å². The smallest absolute Gasteiger partial charge is 0.278 e. The van der Waals surface area contributed by atoms with Gasteiger partial charge in [0.15, 0.2) is 6.04 Å². The number of benzene rings is 1. The number of aliphatic hydroxyl groups is 2. The number of nitrogens with zero attached hydrogens (tertiary/aromatic N) is 1. The topological polar surface area (TPSA) is 78.8 Å². The zero-order chi connectivity index (χ0) is 30.6. The van der Waals surface area contributed by atoms with Crippen LogP contribution < -0.4 is 5.32 Å². The quantitative estimate of drug-likeness (QED) is 0.202. The van der Waals surface area contributed by atoms with E-state index in [2.05, 4.69) is 74.0 Å². The van der Waals surface area contributed by atoms with Crippen molar-refractivity contribution in [3.63, 3.8) is 0 Å². The first-order valence-corrected chi connectivity index (χ1v) is 19.4. The molecule has 3 heterocycles. The van der Waals surface area contributed by atoms with Crippen molar-refractivity contribution in [1.29, 1.82) is 0 Å². The van der Waals surface area contributed by atoms with Gasteiger partial charge < -0.3 is 24.7 Å². The monoisotopic (exact) mass is 659 g/mol. The van der Waals surface area contributed by atoms with Crippen molar-refractivity contribution < 1.29 is 24.2 Å². The molecule has 3 aliphatic rings. The van der Waals surface area contributed by atoms with Crippen LogP contribution in [0.4, 0.5) is 0 Å². The zero-order valence-corrected chi connectivity index (χ0v) is 29.3. The predicted octanol–water partition coefficient (Wildman–Crippen LogP) is 5.51. The number of alkyl halides is 1. The molecule has 238 valence electrons. The average Bonchev–Trinajstić information content (AvgIpc) is 3.51. The molecule has 0 aromatic heterocycles. The van der Waals surface area contributed by atoms with E-state index in [4.69, 9.17) is 16.3 Å². The van der Waals surface area contributed by atoms with Crippen LogP contribution in [0.15, 0.2) is 24.3 Å². The Hall–Kier alpha value is -0.130. The van der Waals surface area contributed by atoms with Crippen molar-refractivity contribution in [3.05, 3.63) is 35.4 Å². The first-order valence-electron chi connectivity index (χ1n) is 15.6. The molecule has 4 rings (SSSR count). The number of quaternary nitrogens is 1. The van der Waals surface area contributed by atoms with Crippen LogP contribution in [0.3, 0.4) is 0 Å². The molecule has 1 aromatic carbocycles. The number of aryl methyl sites for hydroxylation is 1. The Morgan fingerprint density at radius 3 is 2.60 bits per heavy atom. The molecule has 3 saturated heterocycles. The summed E-state index contributed by atoms with van der Waals surface area (Å²) in [5, 5.41) is 27.1. The van der Waals surface area contributed by atoms with E-state index in [0.717, 1.165) is 49.3 Å². The van der Waals surface area contributed by atoms with Crippen LogP contribution in [0.2, 0.25) is 0 Å². The van der Waals surface area contributed by atoms with Gasteiger partial charge in [-0.3, -0.25) is 4.79 Å². The summed E-state index contributed by atoms with van der Waals surface area (Å²) in [6, 6.07) is 8.13. The summed E-state index contributed by atoms with van der Waals surface area (Å²) >= 11 is 12.3. The van der Waals surface area contributed by atoms with E-state index >= 15 is 0 Å². The van der Waals surface area contributed by atoms with Crippen molar-refractivity contribution in [2.75, 3.05) is 24.9 Å². The zero-order valence-electron chi connectivity index (χ0n) is 26.1. The standard InChI is InChI=1S/C32H51ClN2O4S3/c1-7-9-23-15-25(31(38)34-27(20(3)33)30-29(37)28(36)19(2)32(39-30)40-6)35(5,16-23)17-24-11-8-10-22(14-24)12-13-26-21(4)41-18-42-26/h8,10-11,14,19-21,23,25-30,32,36-37H,7,9,12-13,15-18H2,1-6H3/p+1/t19-,20+,21?,23-,25+,26+,27?,28-,29-,30-,32-,35?/m1/s1.